The van der Waals surface area contributed by atoms with Gasteiger partial charge in [-0.2, -0.15) is 0 Å². The molecule has 4 rings (SSSR count). The van der Waals surface area contributed by atoms with Crippen LogP contribution in [0, 0.1) is 29.6 Å². The van der Waals surface area contributed by atoms with Gasteiger partial charge in [-0.1, -0.05) is 78.9 Å². The van der Waals surface area contributed by atoms with Crippen molar-refractivity contribution in [1.82, 2.24) is 5.32 Å². The van der Waals surface area contributed by atoms with Crippen molar-refractivity contribution in [1.29, 1.82) is 0 Å². The van der Waals surface area contributed by atoms with Crippen molar-refractivity contribution in [3.05, 3.63) is 84.5 Å². The van der Waals surface area contributed by atoms with Gasteiger partial charge in [-0.3, -0.25) is 0 Å². The Balaban J connectivity index is 1.25. The van der Waals surface area contributed by atoms with Crippen molar-refractivity contribution < 1.29 is 9.53 Å². The van der Waals surface area contributed by atoms with Crippen LogP contribution in [0.25, 0.3) is 0 Å². The van der Waals surface area contributed by atoms with Gasteiger partial charge < -0.3 is 10.1 Å². The van der Waals surface area contributed by atoms with Gasteiger partial charge in [-0.05, 0) is 42.1 Å². The fraction of sp³-hybridized carbons (Fsp3) is 0.375. The number of carbonyl (C=O) groups is 1. The molecule has 0 radical (unpaired) electrons. The minimum atomic E-state index is -0.297. The Morgan fingerprint density at radius 2 is 1.44 bits per heavy atom. The van der Waals surface area contributed by atoms with Gasteiger partial charge in [-0.15, -0.1) is 0 Å². The Morgan fingerprint density at radius 3 is 2.07 bits per heavy atom. The van der Waals surface area contributed by atoms with E-state index in [4.69, 9.17) is 4.74 Å². The minimum absolute atomic E-state index is 0.297. The third-order valence-electron chi connectivity index (χ3n) is 6.04. The molecule has 4 atom stereocenters. The average Bonchev–Trinajstić information content (AvgIpc) is 3.04. The van der Waals surface area contributed by atoms with Crippen molar-refractivity contribution in [3.63, 3.8) is 0 Å². The maximum Gasteiger partial charge on any atom is 0.407 e. The molecule has 0 heterocycles. The van der Waals surface area contributed by atoms with Gasteiger partial charge >= 0.3 is 6.09 Å². The van der Waals surface area contributed by atoms with Gasteiger partial charge in [0.2, 0.25) is 0 Å². The second kappa shape index (κ2) is 8.43. The number of allylic oxidation sites excluding steroid dienone is 8. The third kappa shape index (κ3) is 4.08. The Labute approximate surface area is 161 Å². The summed E-state index contributed by atoms with van der Waals surface area (Å²) in [6, 6.07) is 10.3. The van der Waals surface area contributed by atoms with E-state index in [1.165, 1.54) is 5.56 Å². The summed E-state index contributed by atoms with van der Waals surface area (Å²) in [6.45, 7) is 1.12. The molecule has 1 saturated carbocycles. The summed E-state index contributed by atoms with van der Waals surface area (Å²) in [5, 5.41) is 2.90. The maximum atomic E-state index is 12.1. The van der Waals surface area contributed by atoms with E-state index in [1.54, 1.807) is 0 Å². The lowest BCUT2D eigenvalue weighted by Crippen LogP contribution is -2.30. The Hall–Kier alpha value is -2.55. The van der Waals surface area contributed by atoms with Gasteiger partial charge in [0.15, 0.2) is 0 Å². The smallest absolute Gasteiger partial charge is 0.407 e. The van der Waals surface area contributed by atoms with E-state index in [1.807, 2.05) is 18.2 Å². The molecule has 27 heavy (non-hydrogen) atoms. The average molecular weight is 361 g/mol. The predicted octanol–water partition coefficient (Wildman–Crippen LogP) is 4.69. The van der Waals surface area contributed by atoms with Gasteiger partial charge in [0.05, 0.1) is 6.61 Å². The fourth-order valence-electron chi connectivity index (χ4n) is 4.74. The number of aryl methyl sites for hydroxylation is 1. The summed E-state index contributed by atoms with van der Waals surface area (Å²) in [5.41, 5.74) is 1.30. The van der Waals surface area contributed by atoms with Crippen molar-refractivity contribution >= 4 is 6.09 Å². The molecule has 3 aliphatic carbocycles. The van der Waals surface area contributed by atoms with Gasteiger partial charge in [0, 0.05) is 12.5 Å². The number of carbonyl (C=O) groups excluding carboxylic acids is 1. The molecular formula is C24H27NO2. The molecule has 0 saturated heterocycles. The first kappa shape index (κ1) is 17.8. The van der Waals surface area contributed by atoms with Crippen molar-refractivity contribution in [2.45, 2.75) is 12.8 Å². The number of nitrogens with one attached hydrogen (secondary N) is 1. The monoisotopic (exact) mass is 361 g/mol. The van der Waals surface area contributed by atoms with E-state index in [2.05, 4.69) is 66.1 Å². The summed E-state index contributed by atoms with van der Waals surface area (Å²) in [4.78, 5) is 12.1. The molecule has 1 N–H and O–H groups in total. The zero-order valence-corrected chi connectivity index (χ0v) is 15.5. The largest absolute Gasteiger partial charge is 0.449 e. The molecule has 1 amide bonds. The zero-order valence-electron chi connectivity index (χ0n) is 15.5. The number of benzene rings is 1. The molecule has 3 aliphatic rings. The second-order valence-electron chi connectivity index (χ2n) is 7.63. The fourth-order valence-corrected chi connectivity index (χ4v) is 4.74. The lowest BCUT2D eigenvalue weighted by atomic mass is 9.83. The number of ether oxygens (including phenoxy) is 1. The number of amides is 1. The quantitative estimate of drug-likeness (QED) is 0.747. The number of rotatable bonds is 6. The SMILES string of the molecule is O=C(NCCCc1ccccc1)OCC1C2C=CC=CC2C2C=CC=CC21. The van der Waals surface area contributed by atoms with Crippen LogP contribution in [-0.4, -0.2) is 19.2 Å². The van der Waals surface area contributed by atoms with Crippen LogP contribution in [0.5, 0.6) is 0 Å². The topological polar surface area (TPSA) is 38.3 Å². The van der Waals surface area contributed by atoms with E-state index in [0.717, 1.165) is 12.8 Å². The van der Waals surface area contributed by atoms with E-state index >= 15 is 0 Å². The van der Waals surface area contributed by atoms with Crippen molar-refractivity contribution in [2.75, 3.05) is 13.2 Å². The number of fused-ring (bicyclic) bond motifs is 3. The van der Waals surface area contributed by atoms with Crippen LogP contribution < -0.4 is 5.32 Å². The molecule has 0 aliphatic heterocycles. The zero-order chi connectivity index (χ0) is 18.5. The normalized spacial score (nSPS) is 30.0. The Bertz CT molecular complexity index is 728. The molecular weight excluding hydrogens is 334 g/mol. The lowest BCUT2D eigenvalue weighted by molar-refractivity contribution is 0.112. The standard InChI is InChI=1S/C24H27NO2/c26-24(25-16-8-11-18-9-2-1-3-10-18)27-17-23-21-14-6-4-12-19(21)20-13-5-7-15-22(20)23/h1-7,9-10,12-15,19-23H,8,11,16-17H2,(H,25,26). The molecule has 3 nitrogen and oxygen atoms in total. The lowest BCUT2D eigenvalue weighted by Gasteiger charge is -2.23. The summed E-state index contributed by atoms with van der Waals surface area (Å²) >= 11 is 0. The van der Waals surface area contributed by atoms with Gasteiger partial charge in [0.1, 0.15) is 0 Å². The van der Waals surface area contributed by atoms with Crippen LogP contribution in [-0.2, 0) is 11.2 Å². The van der Waals surface area contributed by atoms with E-state index in [9.17, 15) is 4.79 Å². The summed E-state index contributed by atoms with van der Waals surface area (Å²) in [5.74, 6) is 2.27. The van der Waals surface area contributed by atoms with Crippen LogP contribution in [0.15, 0.2) is 78.9 Å². The van der Waals surface area contributed by atoms with Crippen molar-refractivity contribution in [2.24, 2.45) is 29.6 Å². The van der Waals surface area contributed by atoms with E-state index in [0.29, 0.717) is 42.7 Å². The van der Waals surface area contributed by atoms with Gasteiger partial charge in [-0.25, -0.2) is 4.79 Å². The summed E-state index contributed by atoms with van der Waals surface area (Å²) in [6.07, 6.45) is 19.3. The minimum Gasteiger partial charge on any atom is -0.449 e. The number of hydrogen-bond donors (Lipinski definition) is 1. The van der Waals surface area contributed by atoms with Crippen LogP contribution >= 0.6 is 0 Å². The highest BCUT2D eigenvalue weighted by Crippen LogP contribution is 2.51. The maximum absolute atomic E-state index is 12.1. The first-order chi connectivity index (χ1) is 13.3. The summed E-state index contributed by atoms with van der Waals surface area (Å²) < 4.78 is 5.61. The molecule has 0 bridgehead atoms. The number of hydrogen-bond acceptors (Lipinski definition) is 2. The van der Waals surface area contributed by atoms with Crippen molar-refractivity contribution in [3.8, 4) is 0 Å². The molecule has 140 valence electrons. The Kier molecular flexibility index (Phi) is 5.57. The molecule has 3 heteroatoms. The number of alkyl carbamates (subject to hydrolysis) is 1. The molecule has 4 unspecified atom stereocenters. The van der Waals surface area contributed by atoms with E-state index in [-0.39, 0.29) is 6.09 Å². The first-order valence-corrected chi connectivity index (χ1v) is 9.97. The molecule has 1 aromatic carbocycles. The molecule has 1 fully saturated rings. The highest BCUT2D eigenvalue weighted by molar-refractivity contribution is 5.67. The second-order valence-corrected chi connectivity index (χ2v) is 7.63. The third-order valence-corrected chi connectivity index (χ3v) is 6.04. The highest BCUT2D eigenvalue weighted by atomic mass is 16.5. The first-order valence-electron chi connectivity index (χ1n) is 9.97. The van der Waals surface area contributed by atoms with Crippen LogP contribution in [0.1, 0.15) is 12.0 Å². The Morgan fingerprint density at radius 1 is 0.852 bits per heavy atom. The highest BCUT2D eigenvalue weighted by Gasteiger charge is 2.47. The van der Waals surface area contributed by atoms with Crippen LogP contribution in [0.4, 0.5) is 4.79 Å². The molecule has 1 aromatic rings. The van der Waals surface area contributed by atoms with Crippen LogP contribution in [0.3, 0.4) is 0 Å². The predicted molar refractivity (Wildman–Crippen MR) is 108 cm³/mol. The molecule has 0 spiro atoms. The van der Waals surface area contributed by atoms with Crippen LogP contribution in [0.2, 0.25) is 0 Å². The molecule has 0 aromatic heterocycles. The summed E-state index contributed by atoms with van der Waals surface area (Å²) in [7, 11) is 0. The van der Waals surface area contributed by atoms with Gasteiger partial charge in [0.25, 0.3) is 0 Å². The van der Waals surface area contributed by atoms with E-state index < -0.39 is 0 Å².